The molecule has 0 saturated carbocycles. The fourth-order valence-corrected chi connectivity index (χ4v) is 4.36. The SMILES string of the molecule is O=C(CN1CCN(C(=O)CCn2cnc3sccc3c2=O)CC1)NCc1ccccc1. The third kappa shape index (κ3) is 5.36. The summed E-state index contributed by atoms with van der Waals surface area (Å²) in [6.45, 7) is 3.65. The molecule has 4 rings (SSSR count). The Morgan fingerprint density at radius 3 is 2.61 bits per heavy atom. The summed E-state index contributed by atoms with van der Waals surface area (Å²) >= 11 is 1.43. The minimum atomic E-state index is -0.106. The third-order valence-corrected chi connectivity index (χ3v) is 6.26. The van der Waals surface area contributed by atoms with E-state index in [9.17, 15) is 14.4 Å². The number of thiophene rings is 1. The average molecular weight is 440 g/mol. The van der Waals surface area contributed by atoms with Crippen LogP contribution in [0.1, 0.15) is 12.0 Å². The number of hydrogen-bond acceptors (Lipinski definition) is 6. The highest BCUT2D eigenvalue weighted by Gasteiger charge is 2.22. The molecular weight excluding hydrogens is 414 g/mol. The van der Waals surface area contributed by atoms with Crippen molar-refractivity contribution in [3.05, 3.63) is 64.0 Å². The van der Waals surface area contributed by atoms with Crippen molar-refractivity contribution in [3.8, 4) is 0 Å². The molecule has 0 radical (unpaired) electrons. The molecule has 3 heterocycles. The zero-order chi connectivity index (χ0) is 21.6. The van der Waals surface area contributed by atoms with Crippen molar-refractivity contribution in [2.24, 2.45) is 0 Å². The summed E-state index contributed by atoms with van der Waals surface area (Å²) in [6.07, 6.45) is 1.77. The van der Waals surface area contributed by atoms with Gasteiger partial charge in [-0.15, -0.1) is 11.3 Å². The summed E-state index contributed by atoms with van der Waals surface area (Å²) in [4.78, 5) is 46.1. The predicted octanol–water partition coefficient (Wildman–Crippen LogP) is 1.31. The molecule has 31 heavy (non-hydrogen) atoms. The Balaban J connectivity index is 1.20. The molecule has 0 spiro atoms. The highest BCUT2D eigenvalue weighted by atomic mass is 32.1. The zero-order valence-corrected chi connectivity index (χ0v) is 18.0. The van der Waals surface area contributed by atoms with Gasteiger partial charge in [0.25, 0.3) is 5.56 Å². The molecular formula is C22H25N5O3S. The molecule has 1 fully saturated rings. The van der Waals surface area contributed by atoms with Gasteiger partial charge in [0.1, 0.15) is 4.83 Å². The maximum atomic E-state index is 12.6. The molecule has 0 bridgehead atoms. The van der Waals surface area contributed by atoms with Gasteiger partial charge in [-0.05, 0) is 17.0 Å². The standard InChI is InChI=1S/C22H25N5O3S/c28-19(23-14-17-4-2-1-3-5-17)15-25-9-11-26(12-10-25)20(29)6-8-27-16-24-21-18(22(27)30)7-13-31-21/h1-5,7,13,16H,6,8-12,14-15H2,(H,23,28). The number of hydrogen-bond donors (Lipinski definition) is 1. The Kier molecular flexibility index (Phi) is 6.73. The maximum absolute atomic E-state index is 12.6. The van der Waals surface area contributed by atoms with Gasteiger partial charge in [0.2, 0.25) is 11.8 Å². The molecule has 9 heteroatoms. The Hall–Kier alpha value is -3.04. The lowest BCUT2D eigenvalue weighted by Crippen LogP contribution is -2.51. The molecule has 0 aliphatic carbocycles. The van der Waals surface area contributed by atoms with Crippen molar-refractivity contribution in [2.45, 2.75) is 19.5 Å². The van der Waals surface area contributed by atoms with E-state index in [1.807, 2.05) is 35.7 Å². The summed E-state index contributed by atoms with van der Waals surface area (Å²) in [5.41, 5.74) is 0.962. The number of nitrogens with zero attached hydrogens (tertiary/aromatic N) is 4. The second kappa shape index (κ2) is 9.84. The van der Waals surface area contributed by atoms with E-state index in [1.165, 1.54) is 22.2 Å². The summed E-state index contributed by atoms with van der Waals surface area (Å²) in [5.74, 6) is 0.00446. The summed E-state index contributed by atoms with van der Waals surface area (Å²) in [7, 11) is 0. The lowest BCUT2D eigenvalue weighted by molar-refractivity contribution is -0.133. The summed E-state index contributed by atoms with van der Waals surface area (Å²) < 4.78 is 1.50. The van der Waals surface area contributed by atoms with Crippen LogP contribution in [0.4, 0.5) is 0 Å². The van der Waals surface area contributed by atoms with E-state index in [0.29, 0.717) is 51.2 Å². The monoisotopic (exact) mass is 439 g/mol. The van der Waals surface area contributed by atoms with Gasteiger partial charge >= 0.3 is 0 Å². The second-order valence-corrected chi connectivity index (χ2v) is 8.45. The number of aromatic nitrogens is 2. The van der Waals surface area contributed by atoms with Crippen molar-refractivity contribution in [3.63, 3.8) is 0 Å². The van der Waals surface area contributed by atoms with Crippen LogP contribution >= 0.6 is 11.3 Å². The molecule has 0 atom stereocenters. The number of piperazine rings is 1. The van der Waals surface area contributed by atoms with Crippen molar-refractivity contribution < 1.29 is 9.59 Å². The number of fused-ring (bicyclic) bond motifs is 1. The van der Waals surface area contributed by atoms with Crippen LogP contribution in [0.25, 0.3) is 10.2 Å². The molecule has 1 aliphatic rings. The Morgan fingerprint density at radius 1 is 1.06 bits per heavy atom. The fourth-order valence-electron chi connectivity index (χ4n) is 3.64. The van der Waals surface area contributed by atoms with Gasteiger partial charge in [0.15, 0.2) is 0 Å². The largest absolute Gasteiger partial charge is 0.351 e. The molecule has 1 aliphatic heterocycles. The Morgan fingerprint density at radius 2 is 1.84 bits per heavy atom. The fraction of sp³-hybridized carbons (Fsp3) is 0.364. The number of nitrogens with one attached hydrogen (secondary N) is 1. The normalized spacial score (nSPS) is 14.6. The second-order valence-electron chi connectivity index (χ2n) is 7.55. The Bertz CT molecular complexity index is 1100. The van der Waals surface area contributed by atoms with Gasteiger partial charge in [-0.2, -0.15) is 0 Å². The molecule has 1 aromatic carbocycles. The quantitative estimate of drug-likeness (QED) is 0.600. The van der Waals surface area contributed by atoms with Crippen LogP contribution in [0.2, 0.25) is 0 Å². The lowest BCUT2D eigenvalue weighted by Gasteiger charge is -2.34. The summed E-state index contributed by atoms with van der Waals surface area (Å²) in [6, 6.07) is 11.6. The molecule has 162 valence electrons. The number of benzene rings is 1. The van der Waals surface area contributed by atoms with Gasteiger partial charge in [0.05, 0.1) is 18.3 Å². The number of rotatable bonds is 7. The van der Waals surface area contributed by atoms with E-state index in [4.69, 9.17) is 0 Å². The molecule has 8 nitrogen and oxygen atoms in total. The van der Waals surface area contributed by atoms with Crippen LogP contribution in [0.5, 0.6) is 0 Å². The van der Waals surface area contributed by atoms with E-state index in [1.54, 1.807) is 11.0 Å². The maximum Gasteiger partial charge on any atom is 0.262 e. The zero-order valence-electron chi connectivity index (χ0n) is 17.2. The van der Waals surface area contributed by atoms with E-state index >= 15 is 0 Å². The first-order valence-corrected chi connectivity index (χ1v) is 11.2. The van der Waals surface area contributed by atoms with Crippen LogP contribution in [0.15, 0.2) is 52.9 Å². The topological polar surface area (TPSA) is 87.5 Å². The summed E-state index contributed by atoms with van der Waals surface area (Å²) in [5, 5.41) is 5.38. The molecule has 0 unspecified atom stereocenters. The minimum Gasteiger partial charge on any atom is -0.351 e. The van der Waals surface area contributed by atoms with Crippen molar-refractivity contribution >= 4 is 33.4 Å². The van der Waals surface area contributed by atoms with Crippen LogP contribution in [0, 0.1) is 0 Å². The van der Waals surface area contributed by atoms with Crippen LogP contribution in [-0.4, -0.2) is 63.9 Å². The van der Waals surface area contributed by atoms with Gasteiger partial charge in [-0.3, -0.25) is 23.9 Å². The van der Waals surface area contributed by atoms with Crippen molar-refractivity contribution in [2.75, 3.05) is 32.7 Å². The van der Waals surface area contributed by atoms with Crippen molar-refractivity contribution in [1.82, 2.24) is 24.7 Å². The number of carbonyl (C=O) groups excluding carboxylic acids is 2. The predicted molar refractivity (Wildman–Crippen MR) is 120 cm³/mol. The van der Waals surface area contributed by atoms with Gasteiger partial charge in [-0.25, -0.2) is 4.98 Å². The van der Waals surface area contributed by atoms with Crippen LogP contribution < -0.4 is 10.9 Å². The lowest BCUT2D eigenvalue weighted by atomic mass is 10.2. The van der Waals surface area contributed by atoms with E-state index in [2.05, 4.69) is 15.2 Å². The third-order valence-electron chi connectivity index (χ3n) is 5.44. The Labute approximate surface area is 184 Å². The van der Waals surface area contributed by atoms with Gasteiger partial charge in [-0.1, -0.05) is 30.3 Å². The highest BCUT2D eigenvalue weighted by Crippen LogP contribution is 2.13. The number of amides is 2. The van der Waals surface area contributed by atoms with Crippen LogP contribution in [0.3, 0.4) is 0 Å². The molecule has 2 amide bonds. The first-order chi connectivity index (χ1) is 15.1. The van der Waals surface area contributed by atoms with E-state index in [-0.39, 0.29) is 23.8 Å². The van der Waals surface area contributed by atoms with E-state index in [0.717, 1.165) is 10.4 Å². The van der Waals surface area contributed by atoms with Crippen molar-refractivity contribution in [1.29, 1.82) is 0 Å². The smallest absolute Gasteiger partial charge is 0.262 e. The first-order valence-electron chi connectivity index (χ1n) is 10.3. The van der Waals surface area contributed by atoms with Gasteiger partial charge in [0, 0.05) is 45.7 Å². The molecule has 2 aromatic heterocycles. The van der Waals surface area contributed by atoms with Crippen LogP contribution in [-0.2, 0) is 22.7 Å². The molecule has 3 aromatic rings. The number of carbonyl (C=O) groups is 2. The number of aryl methyl sites for hydroxylation is 1. The highest BCUT2D eigenvalue weighted by molar-refractivity contribution is 7.16. The minimum absolute atomic E-state index is 0.0145. The molecule has 1 saturated heterocycles. The first kappa shape index (κ1) is 21.2. The van der Waals surface area contributed by atoms with E-state index < -0.39 is 0 Å². The average Bonchev–Trinajstić information content (AvgIpc) is 3.28. The van der Waals surface area contributed by atoms with Gasteiger partial charge < -0.3 is 10.2 Å². The molecule has 1 N–H and O–H groups in total.